The first-order chi connectivity index (χ1) is 8.60. The molecule has 0 radical (unpaired) electrons. The second-order valence-electron chi connectivity index (χ2n) is 3.53. The topological polar surface area (TPSA) is 92.9 Å². The van der Waals surface area contributed by atoms with E-state index in [1.54, 1.807) is 24.6 Å². The molecule has 0 saturated heterocycles. The molecule has 0 unspecified atom stereocenters. The highest BCUT2D eigenvalue weighted by atomic mass is 32.1. The fourth-order valence-corrected chi connectivity index (χ4v) is 2.80. The van der Waals surface area contributed by atoms with E-state index in [4.69, 9.17) is 5.73 Å². The Labute approximate surface area is 112 Å². The lowest BCUT2D eigenvalue weighted by Gasteiger charge is -2.00. The number of amides is 1. The molecule has 2 aromatic heterocycles. The predicted octanol–water partition coefficient (Wildman–Crippen LogP) is 1.46. The quantitative estimate of drug-likeness (QED) is 0.790. The molecular weight excluding hydrogens is 270 g/mol. The molecule has 8 heteroatoms. The van der Waals surface area contributed by atoms with E-state index >= 15 is 0 Å². The summed E-state index contributed by atoms with van der Waals surface area (Å²) in [5.74, 6) is 0.0246. The predicted molar refractivity (Wildman–Crippen MR) is 74.1 cm³/mol. The fraction of sp³-hybridized carbons (Fsp3) is 0.300. The summed E-state index contributed by atoms with van der Waals surface area (Å²) >= 11 is 2.79. The van der Waals surface area contributed by atoms with Gasteiger partial charge in [-0.25, -0.2) is 9.97 Å². The van der Waals surface area contributed by atoms with Crippen molar-refractivity contribution in [3.63, 3.8) is 0 Å². The number of nitrogens with two attached hydrogens (primary N) is 1. The lowest BCUT2D eigenvalue weighted by molar-refractivity contribution is 0.0955. The Balaban J connectivity index is 2.01. The normalized spacial score (nSPS) is 10.3. The smallest absolute Gasteiger partial charge is 0.265 e. The molecule has 0 aliphatic carbocycles. The van der Waals surface area contributed by atoms with Crippen LogP contribution in [0.3, 0.4) is 0 Å². The Morgan fingerprint density at radius 2 is 2.28 bits per heavy atom. The van der Waals surface area contributed by atoms with Gasteiger partial charge in [-0.3, -0.25) is 4.79 Å². The van der Waals surface area contributed by atoms with E-state index < -0.39 is 0 Å². The molecule has 0 aliphatic rings. The third-order valence-electron chi connectivity index (χ3n) is 2.14. The van der Waals surface area contributed by atoms with E-state index in [9.17, 15) is 4.79 Å². The molecule has 2 rings (SSSR count). The van der Waals surface area contributed by atoms with E-state index in [0.29, 0.717) is 16.6 Å². The molecule has 18 heavy (non-hydrogen) atoms. The van der Waals surface area contributed by atoms with Crippen molar-refractivity contribution in [3.8, 4) is 0 Å². The summed E-state index contributed by atoms with van der Waals surface area (Å²) in [5, 5.41) is 7.14. The molecule has 1 amide bonds. The average molecular weight is 283 g/mol. The van der Waals surface area contributed by atoms with Gasteiger partial charge < -0.3 is 16.4 Å². The number of nitrogens with one attached hydrogen (secondary N) is 2. The molecule has 0 aromatic carbocycles. The van der Waals surface area contributed by atoms with Gasteiger partial charge in [0.2, 0.25) is 0 Å². The minimum absolute atomic E-state index is 0.223. The van der Waals surface area contributed by atoms with Crippen LogP contribution >= 0.6 is 22.7 Å². The maximum absolute atomic E-state index is 11.9. The number of hydrogen-bond donors (Lipinski definition) is 3. The van der Waals surface area contributed by atoms with Gasteiger partial charge in [-0.1, -0.05) is 11.3 Å². The molecular formula is C10H13N5OS2. The van der Waals surface area contributed by atoms with Crippen LogP contribution in [0.1, 0.15) is 19.6 Å². The van der Waals surface area contributed by atoms with Gasteiger partial charge in [0.15, 0.2) is 5.13 Å². The molecule has 0 spiro atoms. The number of aryl methyl sites for hydroxylation is 1. The van der Waals surface area contributed by atoms with E-state index in [1.165, 1.54) is 11.3 Å². The SMILES string of the molecule is CNc1nc(N)c(C(=O)NCc2ncc(C)s2)s1. The average Bonchev–Trinajstić information content (AvgIpc) is 2.92. The molecule has 6 nitrogen and oxygen atoms in total. The Hall–Kier alpha value is -1.67. The summed E-state index contributed by atoms with van der Waals surface area (Å²) in [4.78, 5) is 21.6. The molecule has 2 aromatic rings. The van der Waals surface area contributed by atoms with Crippen molar-refractivity contribution < 1.29 is 4.79 Å². The summed E-state index contributed by atoms with van der Waals surface area (Å²) in [5.41, 5.74) is 5.68. The second kappa shape index (κ2) is 5.32. The van der Waals surface area contributed by atoms with E-state index in [-0.39, 0.29) is 11.7 Å². The fourth-order valence-electron chi connectivity index (χ4n) is 1.32. The monoisotopic (exact) mass is 283 g/mol. The van der Waals surface area contributed by atoms with Gasteiger partial charge in [-0.2, -0.15) is 0 Å². The number of anilines is 2. The summed E-state index contributed by atoms with van der Waals surface area (Å²) in [6, 6.07) is 0. The van der Waals surface area contributed by atoms with Crippen molar-refractivity contribution >= 4 is 39.5 Å². The Morgan fingerprint density at radius 3 is 2.83 bits per heavy atom. The van der Waals surface area contributed by atoms with Crippen LogP contribution in [0.2, 0.25) is 0 Å². The van der Waals surface area contributed by atoms with Gasteiger partial charge >= 0.3 is 0 Å². The molecule has 0 saturated carbocycles. The van der Waals surface area contributed by atoms with Crippen molar-refractivity contribution in [2.24, 2.45) is 0 Å². The van der Waals surface area contributed by atoms with Crippen LogP contribution in [0.4, 0.5) is 10.9 Å². The lowest BCUT2D eigenvalue weighted by Crippen LogP contribution is -2.22. The summed E-state index contributed by atoms with van der Waals surface area (Å²) < 4.78 is 0. The first-order valence-corrected chi connectivity index (χ1v) is 6.87. The van der Waals surface area contributed by atoms with Crippen LogP contribution in [0.15, 0.2) is 6.20 Å². The third kappa shape index (κ3) is 2.77. The highest BCUT2D eigenvalue weighted by molar-refractivity contribution is 7.18. The Morgan fingerprint density at radius 1 is 1.50 bits per heavy atom. The van der Waals surface area contributed by atoms with E-state index in [2.05, 4.69) is 20.6 Å². The van der Waals surface area contributed by atoms with E-state index in [0.717, 1.165) is 9.88 Å². The zero-order valence-corrected chi connectivity index (χ0v) is 11.6. The summed E-state index contributed by atoms with van der Waals surface area (Å²) in [6.45, 7) is 2.38. The zero-order valence-electron chi connectivity index (χ0n) is 9.98. The maximum Gasteiger partial charge on any atom is 0.265 e. The van der Waals surface area contributed by atoms with Crippen LogP contribution in [0.5, 0.6) is 0 Å². The number of rotatable bonds is 4. The van der Waals surface area contributed by atoms with Crippen molar-refractivity contribution in [2.45, 2.75) is 13.5 Å². The number of nitrogens with zero attached hydrogens (tertiary/aromatic N) is 2. The van der Waals surface area contributed by atoms with Crippen molar-refractivity contribution in [2.75, 3.05) is 18.1 Å². The highest BCUT2D eigenvalue weighted by Crippen LogP contribution is 2.24. The molecule has 0 fully saturated rings. The van der Waals surface area contributed by atoms with Gasteiger partial charge in [-0.05, 0) is 6.92 Å². The minimum Gasteiger partial charge on any atom is -0.382 e. The number of aromatic nitrogens is 2. The van der Waals surface area contributed by atoms with Gasteiger partial charge in [-0.15, -0.1) is 11.3 Å². The molecule has 0 bridgehead atoms. The number of carbonyl (C=O) groups excluding carboxylic acids is 1. The van der Waals surface area contributed by atoms with Crippen molar-refractivity contribution in [1.82, 2.24) is 15.3 Å². The van der Waals surface area contributed by atoms with Crippen molar-refractivity contribution in [3.05, 3.63) is 21.0 Å². The van der Waals surface area contributed by atoms with E-state index in [1.807, 2.05) is 6.92 Å². The minimum atomic E-state index is -0.223. The Kier molecular flexibility index (Phi) is 3.78. The standard InChI is InChI=1S/C10H13N5OS2/c1-5-3-13-6(17-5)4-14-9(16)7-8(11)15-10(12-2)18-7/h3H,4,11H2,1-2H3,(H,12,15)(H,14,16). The summed E-state index contributed by atoms with van der Waals surface area (Å²) in [6.07, 6.45) is 1.78. The molecule has 2 heterocycles. The van der Waals surface area contributed by atoms with Gasteiger partial charge in [0, 0.05) is 18.1 Å². The highest BCUT2D eigenvalue weighted by Gasteiger charge is 2.15. The van der Waals surface area contributed by atoms with Crippen LogP contribution in [-0.4, -0.2) is 22.9 Å². The molecule has 4 N–H and O–H groups in total. The molecule has 0 aliphatic heterocycles. The van der Waals surface area contributed by atoms with Crippen molar-refractivity contribution in [1.29, 1.82) is 0 Å². The zero-order chi connectivity index (χ0) is 13.1. The van der Waals surface area contributed by atoms with Crippen LogP contribution in [0.25, 0.3) is 0 Å². The summed E-state index contributed by atoms with van der Waals surface area (Å²) in [7, 11) is 1.73. The largest absolute Gasteiger partial charge is 0.382 e. The first kappa shape index (κ1) is 12.8. The maximum atomic E-state index is 11.9. The second-order valence-corrected chi connectivity index (χ2v) is 5.85. The number of nitrogen functional groups attached to an aromatic ring is 1. The molecule has 0 atom stereocenters. The lowest BCUT2D eigenvalue weighted by atomic mass is 10.4. The van der Waals surface area contributed by atoms with Crippen LogP contribution in [-0.2, 0) is 6.54 Å². The number of carbonyl (C=O) groups is 1. The van der Waals surface area contributed by atoms with Gasteiger partial charge in [0.1, 0.15) is 15.7 Å². The van der Waals surface area contributed by atoms with Gasteiger partial charge in [0.05, 0.1) is 6.54 Å². The van der Waals surface area contributed by atoms with Crippen LogP contribution < -0.4 is 16.4 Å². The molecule has 96 valence electrons. The third-order valence-corrected chi connectivity index (χ3v) is 4.14. The number of hydrogen-bond acceptors (Lipinski definition) is 7. The van der Waals surface area contributed by atoms with Crippen LogP contribution in [0, 0.1) is 6.92 Å². The Bertz CT molecular complexity index is 562. The van der Waals surface area contributed by atoms with Gasteiger partial charge in [0.25, 0.3) is 5.91 Å². The first-order valence-electron chi connectivity index (χ1n) is 5.23. The number of thiazole rings is 2.